The van der Waals surface area contributed by atoms with Gasteiger partial charge in [-0.25, -0.2) is 8.42 Å². The number of methoxy groups -OCH3 is 1. The first-order valence-corrected chi connectivity index (χ1v) is 14.0. The number of hydrogen-bond donors (Lipinski definition) is 0. The van der Waals surface area contributed by atoms with Crippen molar-refractivity contribution in [2.75, 3.05) is 44.7 Å². The first-order chi connectivity index (χ1) is 17.3. The zero-order valence-corrected chi connectivity index (χ0v) is 23.0. The molecular formula is C26H27BrClN3O4S. The van der Waals surface area contributed by atoms with Gasteiger partial charge in [-0.05, 0) is 66.2 Å². The fraction of sp³-hybridized carbons (Fsp3) is 0.269. The van der Waals surface area contributed by atoms with Crippen LogP contribution in [-0.2, 0) is 21.4 Å². The number of ether oxygens (including phenoxy) is 1. The highest BCUT2D eigenvalue weighted by atomic mass is 79.9. The molecule has 0 aromatic heterocycles. The van der Waals surface area contributed by atoms with E-state index in [-0.39, 0.29) is 23.9 Å². The van der Waals surface area contributed by atoms with E-state index in [0.29, 0.717) is 31.2 Å². The summed E-state index contributed by atoms with van der Waals surface area (Å²) in [6.07, 6.45) is 0. The van der Waals surface area contributed by atoms with Crippen molar-refractivity contribution in [1.82, 2.24) is 9.21 Å². The predicted octanol–water partition coefficient (Wildman–Crippen LogP) is 4.65. The zero-order chi connectivity index (χ0) is 25.7. The Balaban J connectivity index is 1.47. The topological polar surface area (TPSA) is 70.2 Å². The fourth-order valence-corrected chi connectivity index (χ4v) is 5.80. The van der Waals surface area contributed by atoms with Crippen molar-refractivity contribution in [1.29, 1.82) is 0 Å². The molecule has 0 saturated carbocycles. The first-order valence-electron chi connectivity index (χ1n) is 11.4. The van der Waals surface area contributed by atoms with Crippen molar-refractivity contribution in [3.63, 3.8) is 0 Å². The van der Waals surface area contributed by atoms with E-state index in [2.05, 4.69) is 20.8 Å². The van der Waals surface area contributed by atoms with Gasteiger partial charge in [0.15, 0.2) is 0 Å². The largest absolute Gasteiger partial charge is 0.497 e. The number of piperazine rings is 1. The maximum atomic E-state index is 13.5. The SMILES string of the molecule is COc1ccc(N2CCN(C(=O)CN(Cc3ccc(Br)cc3)S(=O)(=O)c3ccc(Cl)cc3)CC2)cc1. The number of carbonyl (C=O) groups is 1. The molecule has 1 fully saturated rings. The third-order valence-corrected chi connectivity index (χ3v) is 8.69. The third-order valence-electron chi connectivity index (χ3n) is 6.11. The van der Waals surface area contributed by atoms with E-state index < -0.39 is 10.0 Å². The Kier molecular flexibility index (Phi) is 8.56. The van der Waals surface area contributed by atoms with Gasteiger partial charge in [0.25, 0.3) is 0 Å². The summed E-state index contributed by atoms with van der Waals surface area (Å²) < 4.78 is 34.4. The number of anilines is 1. The molecule has 0 bridgehead atoms. The molecule has 36 heavy (non-hydrogen) atoms. The lowest BCUT2D eigenvalue weighted by Gasteiger charge is -2.37. The number of benzene rings is 3. The van der Waals surface area contributed by atoms with Crippen molar-refractivity contribution in [2.45, 2.75) is 11.4 Å². The lowest BCUT2D eigenvalue weighted by atomic mass is 10.2. The van der Waals surface area contributed by atoms with E-state index in [9.17, 15) is 13.2 Å². The van der Waals surface area contributed by atoms with Crippen molar-refractivity contribution >= 4 is 49.1 Å². The van der Waals surface area contributed by atoms with Gasteiger partial charge in [0, 0.05) is 47.9 Å². The molecule has 10 heteroatoms. The van der Waals surface area contributed by atoms with Crippen LogP contribution in [0.25, 0.3) is 0 Å². The molecule has 1 saturated heterocycles. The molecule has 0 atom stereocenters. The molecule has 7 nitrogen and oxygen atoms in total. The average Bonchev–Trinajstić information content (AvgIpc) is 2.90. The van der Waals surface area contributed by atoms with Crippen molar-refractivity contribution < 1.29 is 17.9 Å². The lowest BCUT2D eigenvalue weighted by molar-refractivity contribution is -0.131. The first kappa shape index (κ1) is 26.5. The highest BCUT2D eigenvalue weighted by molar-refractivity contribution is 9.10. The third kappa shape index (κ3) is 6.39. The molecule has 1 amide bonds. The molecule has 3 aromatic rings. The second-order valence-corrected chi connectivity index (χ2v) is 11.7. The number of hydrogen-bond acceptors (Lipinski definition) is 5. The molecule has 1 aliphatic heterocycles. The van der Waals surface area contributed by atoms with Gasteiger partial charge < -0.3 is 14.5 Å². The summed E-state index contributed by atoms with van der Waals surface area (Å²) in [5.74, 6) is 0.569. The van der Waals surface area contributed by atoms with Gasteiger partial charge in [-0.2, -0.15) is 4.31 Å². The Morgan fingerprint density at radius 3 is 2.14 bits per heavy atom. The Hall–Kier alpha value is -2.59. The Morgan fingerprint density at radius 2 is 1.56 bits per heavy atom. The average molecular weight is 593 g/mol. The molecule has 1 aliphatic rings. The lowest BCUT2D eigenvalue weighted by Crippen LogP contribution is -2.51. The summed E-state index contributed by atoms with van der Waals surface area (Å²) in [6.45, 7) is 2.18. The Morgan fingerprint density at radius 1 is 0.944 bits per heavy atom. The number of nitrogens with zero attached hydrogens (tertiary/aromatic N) is 3. The van der Waals surface area contributed by atoms with E-state index in [0.717, 1.165) is 21.5 Å². The minimum absolute atomic E-state index is 0.0792. The number of rotatable bonds is 8. The van der Waals surface area contributed by atoms with Gasteiger partial charge in [-0.15, -0.1) is 0 Å². The van der Waals surface area contributed by atoms with Crippen LogP contribution in [0.2, 0.25) is 5.02 Å². The van der Waals surface area contributed by atoms with Crippen LogP contribution >= 0.6 is 27.5 Å². The number of halogens is 2. The fourth-order valence-electron chi connectivity index (χ4n) is 4.03. The predicted molar refractivity (Wildman–Crippen MR) is 145 cm³/mol. The van der Waals surface area contributed by atoms with Crippen LogP contribution in [0.1, 0.15) is 5.56 Å². The number of carbonyl (C=O) groups excluding carboxylic acids is 1. The molecule has 4 rings (SSSR count). The van der Waals surface area contributed by atoms with E-state index in [4.69, 9.17) is 16.3 Å². The molecule has 0 radical (unpaired) electrons. The van der Waals surface area contributed by atoms with Gasteiger partial charge in [-0.1, -0.05) is 39.7 Å². The van der Waals surface area contributed by atoms with E-state index in [1.165, 1.54) is 28.6 Å². The van der Waals surface area contributed by atoms with Gasteiger partial charge in [0.1, 0.15) is 5.75 Å². The monoisotopic (exact) mass is 591 g/mol. The molecule has 0 unspecified atom stereocenters. The van der Waals surface area contributed by atoms with Crippen LogP contribution in [0.3, 0.4) is 0 Å². The molecule has 0 aliphatic carbocycles. The second-order valence-electron chi connectivity index (χ2n) is 8.42. The summed E-state index contributed by atoms with van der Waals surface area (Å²) in [7, 11) is -2.30. The maximum absolute atomic E-state index is 13.5. The maximum Gasteiger partial charge on any atom is 0.243 e. The van der Waals surface area contributed by atoms with Crippen LogP contribution in [-0.4, -0.2) is 63.4 Å². The van der Waals surface area contributed by atoms with E-state index in [1.54, 1.807) is 12.0 Å². The van der Waals surface area contributed by atoms with Gasteiger partial charge in [0.05, 0.1) is 18.6 Å². The highest BCUT2D eigenvalue weighted by Gasteiger charge is 2.30. The van der Waals surface area contributed by atoms with Crippen molar-refractivity contribution in [3.8, 4) is 5.75 Å². The molecule has 0 N–H and O–H groups in total. The summed E-state index contributed by atoms with van der Waals surface area (Å²) >= 11 is 9.36. The molecular weight excluding hydrogens is 566 g/mol. The van der Waals surface area contributed by atoms with Crippen LogP contribution in [0.15, 0.2) is 82.2 Å². The van der Waals surface area contributed by atoms with Crippen LogP contribution in [0.4, 0.5) is 5.69 Å². The summed E-state index contributed by atoms with van der Waals surface area (Å²) in [4.78, 5) is 17.3. The summed E-state index contributed by atoms with van der Waals surface area (Å²) in [5, 5.41) is 0.444. The zero-order valence-electron chi connectivity index (χ0n) is 19.8. The molecule has 1 heterocycles. The van der Waals surface area contributed by atoms with Crippen LogP contribution < -0.4 is 9.64 Å². The van der Waals surface area contributed by atoms with E-state index in [1.807, 2.05) is 48.5 Å². The van der Waals surface area contributed by atoms with Crippen molar-refractivity contribution in [3.05, 3.63) is 87.9 Å². The smallest absolute Gasteiger partial charge is 0.243 e. The van der Waals surface area contributed by atoms with E-state index >= 15 is 0 Å². The number of amides is 1. The summed E-state index contributed by atoms with van der Waals surface area (Å²) in [5.41, 5.74) is 1.85. The molecule has 190 valence electrons. The quantitative estimate of drug-likeness (QED) is 0.381. The van der Waals surface area contributed by atoms with Crippen LogP contribution in [0, 0.1) is 0 Å². The van der Waals surface area contributed by atoms with Gasteiger partial charge in [0.2, 0.25) is 15.9 Å². The molecule has 0 spiro atoms. The standard InChI is InChI=1S/C26H27BrClN3O4S/c1-35-24-10-8-23(9-11-24)29-14-16-30(17-15-29)26(32)19-31(18-20-2-4-21(27)5-3-20)36(33,34)25-12-6-22(28)7-13-25/h2-13H,14-19H2,1H3. The summed E-state index contributed by atoms with van der Waals surface area (Å²) in [6, 6.07) is 21.2. The Bertz CT molecular complexity index is 1280. The minimum Gasteiger partial charge on any atom is -0.497 e. The van der Waals surface area contributed by atoms with Gasteiger partial charge in [-0.3, -0.25) is 4.79 Å². The highest BCUT2D eigenvalue weighted by Crippen LogP contribution is 2.23. The van der Waals surface area contributed by atoms with Crippen molar-refractivity contribution in [2.24, 2.45) is 0 Å². The second kappa shape index (κ2) is 11.6. The minimum atomic E-state index is -3.93. The van der Waals surface area contributed by atoms with Crippen LogP contribution in [0.5, 0.6) is 5.75 Å². The normalized spacial score (nSPS) is 14.2. The molecule has 3 aromatic carbocycles. The number of sulfonamides is 1. The van der Waals surface area contributed by atoms with Gasteiger partial charge >= 0.3 is 0 Å². The Labute approximate surface area is 225 Å².